The van der Waals surface area contributed by atoms with Crippen LogP contribution in [0.25, 0.3) is 0 Å². The van der Waals surface area contributed by atoms with Gasteiger partial charge in [0.05, 0.1) is 0 Å². The third-order valence-electron chi connectivity index (χ3n) is 4.48. The number of hydrogen-bond acceptors (Lipinski definition) is 2. The van der Waals surface area contributed by atoms with Crippen LogP contribution in [0.5, 0.6) is 0 Å². The van der Waals surface area contributed by atoms with Crippen LogP contribution in [-0.2, 0) is 16.0 Å². The number of nitrogens with zero attached hydrogens (tertiary/aromatic N) is 1. The van der Waals surface area contributed by atoms with E-state index in [1.165, 1.54) is 6.92 Å². The van der Waals surface area contributed by atoms with Crippen molar-refractivity contribution in [1.29, 1.82) is 0 Å². The summed E-state index contributed by atoms with van der Waals surface area (Å²) in [5.74, 6) is -0.263. The van der Waals surface area contributed by atoms with Gasteiger partial charge in [-0.05, 0) is 42.7 Å². The van der Waals surface area contributed by atoms with E-state index >= 15 is 0 Å². The molecular formula is C19H20N2O2. The van der Waals surface area contributed by atoms with Crippen molar-refractivity contribution in [2.45, 2.75) is 33.2 Å². The lowest BCUT2D eigenvalue weighted by molar-refractivity contribution is -0.122. The van der Waals surface area contributed by atoms with Crippen LogP contribution in [0, 0.1) is 13.8 Å². The Bertz CT molecular complexity index is 783. The molecule has 0 aromatic heterocycles. The lowest BCUT2D eigenvalue weighted by Gasteiger charge is -2.24. The average molecular weight is 308 g/mol. The molecule has 1 heterocycles. The molecular weight excluding hydrogens is 288 g/mol. The molecule has 0 saturated heterocycles. The lowest BCUT2D eigenvalue weighted by atomic mass is 10.1. The zero-order valence-electron chi connectivity index (χ0n) is 13.6. The van der Waals surface area contributed by atoms with E-state index in [0.717, 1.165) is 28.1 Å². The van der Waals surface area contributed by atoms with Crippen LogP contribution in [0.15, 0.2) is 42.5 Å². The Kier molecular flexibility index (Phi) is 3.90. The van der Waals surface area contributed by atoms with Gasteiger partial charge in [-0.2, -0.15) is 0 Å². The van der Waals surface area contributed by atoms with Gasteiger partial charge in [0.1, 0.15) is 6.04 Å². The van der Waals surface area contributed by atoms with Gasteiger partial charge in [-0.25, -0.2) is 0 Å². The largest absolute Gasteiger partial charge is 0.324 e. The average Bonchev–Trinajstić information content (AvgIpc) is 2.91. The van der Waals surface area contributed by atoms with Crippen molar-refractivity contribution in [1.82, 2.24) is 0 Å². The first-order chi connectivity index (χ1) is 11.0. The molecule has 23 heavy (non-hydrogen) atoms. The van der Waals surface area contributed by atoms with Gasteiger partial charge < -0.3 is 5.32 Å². The molecule has 1 N–H and O–H groups in total. The SMILES string of the molecule is CC(=O)N1c2ccccc2CC1C(=O)Nc1cccc(C)c1C. The van der Waals surface area contributed by atoms with E-state index in [1.807, 2.05) is 56.3 Å². The van der Waals surface area contributed by atoms with Crippen LogP contribution in [0.4, 0.5) is 11.4 Å². The predicted molar refractivity (Wildman–Crippen MR) is 91.6 cm³/mol. The molecule has 2 aromatic rings. The Morgan fingerprint density at radius 1 is 1.09 bits per heavy atom. The number of benzene rings is 2. The number of anilines is 2. The maximum atomic E-state index is 12.8. The number of para-hydroxylation sites is 1. The van der Waals surface area contributed by atoms with Gasteiger partial charge in [0, 0.05) is 24.7 Å². The summed E-state index contributed by atoms with van der Waals surface area (Å²) < 4.78 is 0. The summed E-state index contributed by atoms with van der Waals surface area (Å²) in [6.45, 7) is 5.50. The second-order valence-corrected chi connectivity index (χ2v) is 5.97. The molecule has 4 heteroatoms. The van der Waals surface area contributed by atoms with Gasteiger partial charge in [0.2, 0.25) is 11.8 Å². The highest BCUT2D eigenvalue weighted by Gasteiger charge is 2.36. The van der Waals surface area contributed by atoms with Crippen molar-refractivity contribution >= 4 is 23.2 Å². The normalized spacial score (nSPS) is 16.1. The number of nitrogens with one attached hydrogen (secondary N) is 1. The molecule has 0 saturated carbocycles. The van der Waals surface area contributed by atoms with Crippen molar-refractivity contribution in [3.63, 3.8) is 0 Å². The van der Waals surface area contributed by atoms with Crippen LogP contribution in [0.1, 0.15) is 23.6 Å². The molecule has 1 aliphatic heterocycles. The number of fused-ring (bicyclic) bond motifs is 1. The van der Waals surface area contributed by atoms with Gasteiger partial charge in [0.25, 0.3) is 0 Å². The lowest BCUT2D eigenvalue weighted by Crippen LogP contribution is -2.44. The minimum absolute atomic E-state index is 0.115. The molecule has 1 unspecified atom stereocenters. The summed E-state index contributed by atoms with van der Waals surface area (Å²) in [4.78, 5) is 26.4. The van der Waals surface area contributed by atoms with Gasteiger partial charge >= 0.3 is 0 Å². The van der Waals surface area contributed by atoms with Crippen molar-refractivity contribution in [2.24, 2.45) is 0 Å². The number of carbonyl (C=O) groups is 2. The smallest absolute Gasteiger partial charge is 0.247 e. The Hall–Kier alpha value is -2.62. The first kappa shape index (κ1) is 15.3. The van der Waals surface area contributed by atoms with Gasteiger partial charge in [0.15, 0.2) is 0 Å². The zero-order valence-corrected chi connectivity index (χ0v) is 13.6. The quantitative estimate of drug-likeness (QED) is 0.926. The van der Waals surface area contributed by atoms with Gasteiger partial charge in [-0.15, -0.1) is 0 Å². The molecule has 2 amide bonds. The maximum absolute atomic E-state index is 12.8. The second-order valence-electron chi connectivity index (χ2n) is 5.97. The minimum Gasteiger partial charge on any atom is -0.324 e. The van der Waals surface area contributed by atoms with Crippen molar-refractivity contribution < 1.29 is 9.59 Å². The minimum atomic E-state index is -0.496. The maximum Gasteiger partial charge on any atom is 0.247 e. The molecule has 4 nitrogen and oxygen atoms in total. The standard InChI is InChI=1S/C19H20N2O2/c1-12-7-6-9-16(13(12)2)20-19(23)18-11-15-8-4-5-10-17(15)21(18)14(3)22/h4-10,18H,11H2,1-3H3,(H,20,23). The highest BCUT2D eigenvalue weighted by atomic mass is 16.2. The third-order valence-corrected chi connectivity index (χ3v) is 4.48. The molecule has 1 atom stereocenters. The molecule has 3 rings (SSSR count). The molecule has 0 radical (unpaired) electrons. The predicted octanol–water partition coefficient (Wildman–Crippen LogP) is 3.22. The van der Waals surface area contributed by atoms with Crippen LogP contribution in [0.2, 0.25) is 0 Å². The first-order valence-corrected chi connectivity index (χ1v) is 7.74. The van der Waals surface area contributed by atoms with E-state index in [1.54, 1.807) is 4.90 Å². The van der Waals surface area contributed by atoms with Crippen LogP contribution in [-0.4, -0.2) is 17.9 Å². The fraction of sp³-hybridized carbons (Fsp3) is 0.263. The van der Waals surface area contributed by atoms with Crippen molar-refractivity contribution in [2.75, 3.05) is 10.2 Å². The van der Waals surface area contributed by atoms with Crippen LogP contribution < -0.4 is 10.2 Å². The highest BCUT2D eigenvalue weighted by molar-refractivity contribution is 6.06. The molecule has 1 aliphatic rings. The van der Waals surface area contributed by atoms with E-state index in [9.17, 15) is 9.59 Å². The Morgan fingerprint density at radius 3 is 2.57 bits per heavy atom. The first-order valence-electron chi connectivity index (χ1n) is 7.74. The van der Waals surface area contributed by atoms with E-state index < -0.39 is 6.04 Å². The summed E-state index contributed by atoms with van der Waals surface area (Å²) in [6.07, 6.45) is 0.548. The summed E-state index contributed by atoms with van der Waals surface area (Å²) >= 11 is 0. The van der Waals surface area contributed by atoms with E-state index in [-0.39, 0.29) is 11.8 Å². The van der Waals surface area contributed by atoms with Gasteiger partial charge in [-0.3, -0.25) is 14.5 Å². The van der Waals surface area contributed by atoms with Gasteiger partial charge in [-0.1, -0.05) is 30.3 Å². The zero-order chi connectivity index (χ0) is 16.6. The number of aryl methyl sites for hydroxylation is 1. The molecule has 2 aromatic carbocycles. The molecule has 0 spiro atoms. The number of hydrogen-bond donors (Lipinski definition) is 1. The highest BCUT2D eigenvalue weighted by Crippen LogP contribution is 2.32. The van der Waals surface area contributed by atoms with Crippen molar-refractivity contribution in [3.05, 3.63) is 59.2 Å². The number of amides is 2. The number of rotatable bonds is 2. The Balaban J connectivity index is 1.88. The van der Waals surface area contributed by atoms with E-state index in [4.69, 9.17) is 0 Å². The van der Waals surface area contributed by atoms with Crippen molar-refractivity contribution in [3.8, 4) is 0 Å². The summed E-state index contributed by atoms with van der Waals surface area (Å²) in [6, 6.07) is 13.0. The number of carbonyl (C=O) groups excluding carboxylic acids is 2. The third kappa shape index (κ3) is 2.72. The summed E-state index contributed by atoms with van der Waals surface area (Å²) in [5, 5.41) is 2.98. The fourth-order valence-corrected chi connectivity index (χ4v) is 3.09. The molecule has 0 aliphatic carbocycles. The van der Waals surface area contributed by atoms with Crippen LogP contribution in [0.3, 0.4) is 0 Å². The summed E-state index contributed by atoms with van der Waals surface area (Å²) in [7, 11) is 0. The van der Waals surface area contributed by atoms with E-state index in [0.29, 0.717) is 6.42 Å². The topological polar surface area (TPSA) is 49.4 Å². The fourth-order valence-electron chi connectivity index (χ4n) is 3.09. The Morgan fingerprint density at radius 2 is 1.83 bits per heavy atom. The monoisotopic (exact) mass is 308 g/mol. The van der Waals surface area contributed by atoms with Crippen LogP contribution >= 0.6 is 0 Å². The second kappa shape index (κ2) is 5.88. The Labute approximate surface area is 136 Å². The molecule has 118 valence electrons. The molecule has 0 fully saturated rings. The summed E-state index contributed by atoms with van der Waals surface area (Å²) in [5.41, 5.74) is 4.84. The molecule has 0 bridgehead atoms. The van der Waals surface area contributed by atoms with E-state index in [2.05, 4.69) is 5.32 Å².